The molecule has 1 heterocycles. The summed E-state index contributed by atoms with van der Waals surface area (Å²) in [6, 6.07) is 2.95. The van der Waals surface area contributed by atoms with E-state index in [-0.39, 0.29) is 16.3 Å². The van der Waals surface area contributed by atoms with Gasteiger partial charge in [0.05, 0.1) is 5.02 Å². The second kappa shape index (κ2) is 3.40. The normalized spacial score (nSPS) is 24.6. The van der Waals surface area contributed by atoms with Gasteiger partial charge in [-0.05, 0) is 13.0 Å². The number of cyclic esters (lactones) is 1. The van der Waals surface area contributed by atoms with Crippen LogP contribution in [0.5, 0.6) is 5.75 Å². The third kappa shape index (κ3) is 1.46. The number of rotatable bonds is 0. The van der Waals surface area contributed by atoms with Gasteiger partial charge >= 0.3 is 5.97 Å². The van der Waals surface area contributed by atoms with Crippen molar-refractivity contribution in [3.8, 4) is 5.75 Å². The first-order valence-electron chi connectivity index (χ1n) is 4.42. The predicted octanol–water partition coefficient (Wildman–Crippen LogP) is 1.64. The average molecular weight is 229 g/mol. The van der Waals surface area contributed by atoms with Crippen molar-refractivity contribution in [2.75, 3.05) is 0 Å². The van der Waals surface area contributed by atoms with Crippen LogP contribution in [0.3, 0.4) is 0 Å². The van der Waals surface area contributed by atoms with E-state index in [2.05, 4.69) is 0 Å². The lowest BCUT2D eigenvalue weighted by atomic mass is 9.96. The van der Waals surface area contributed by atoms with Crippen molar-refractivity contribution >= 4 is 17.6 Å². The monoisotopic (exact) mass is 228 g/mol. The van der Waals surface area contributed by atoms with Gasteiger partial charge in [-0.3, -0.25) is 0 Å². The first kappa shape index (κ1) is 10.3. The van der Waals surface area contributed by atoms with Crippen molar-refractivity contribution in [2.45, 2.75) is 19.1 Å². The Morgan fingerprint density at radius 3 is 2.80 bits per heavy atom. The van der Waals surface area contributed by atoms with Crippen molar-refractivity contribution in [3.63, 3.8) is 0 Å². The topological polar surface area (TPSA) is 66.8 Å². The first-order valence-corrected chi connectivity index (χ1v) is 4.80. The predicted molar refractivity (Wildman–Crippen MR) is 53.0 cm³/mol. The average Bonchev–Trinajstić information content (AvgIpc) is 2.18. The van der Waals surface area contributed by atoms with Crippen LogP contribution in [0.4, 0.5) is 0 Å². The minimum absolute atomic E-state index is 0.0481. The lowest BCUT2D eigenvalue weighted by Gasteiger charge is -2.27. The molecule has 0 aliphatic carbocycles. The highest BCUT2D eigenvalue weighted by molar-refractivity contribution is 6.32. The van der Waals surface area contributed by atoms with Crippen molar-refractivity contribution in [1.29, 1.82) is 0 Å². The summed E-state index contributed by atoms with van der Waals surface area (Å²) in [5.74, 6) is -1.01. The third-order valence-electron chi connectivity index (χ3n) is 2.42. The molecule has 0 saturated carbocycles. The van der Waals surface area contributed by atoms with E-state index in [0.717, 1.165) is 0 Å². The van der Waals surface area contributed by atoms with E-state index in [9.17, 15) is 15.0 Å². The standard InChI is InChI=1S/C10H9ClO4/c1-4-8(12)5-2-3-6(11)9(13)7(5)10(14)15-4/h2-4,8,12-13H,1H3/t4-,8+/m1/s1. The minimum Gasteiger partial charge on any atom is -0.505 e. The summed E-state index contributed by atoms with van der Waals surface area (Å²) in [7, 11) is 0. The van der Waals surface area contributed by atoms with Crippen LogP contribution in [-0.2, 0) is 4.74 Å². The molecular formula is C10H9ClO4. The molecule has 4 nitrogen and oxygen atoms in total. The SMILES string of the molecule is C[C@H]1OC(=O)c2c(ccc(Cl)c2O)[C@H]1O. The zero-order chi connectivity index (χ0) is 11.2. The molecule has 2 rings (SSSR count). The van der Waals surface area contributed by atoms with Gasteiger partial charge in [0.25, 0.3) is 0 Å². The molecular weight excluding hydrogens is 220 g/mol. The molecule has 2 atom stereocenters. The van der Waals surface area contributed by atoms with Gasteiger partial charge in [0.2, 0.25) is 0 Å². The Kier molecular flexibility index (Phi) is 2.32. The molecule has 0 aromatic heterocycles. The van der Waals surface area contributed by atoms with Crippen LogP contribution in [0.1, 0.15) is 28.9 Å². The van der Waals surface area contributed by atoms with E-state index in [0.29, 0.717) is 5.56 Å². The second-order valence-corrected chi connectivity index (χ2v) is 3.82. The molecule has 1 aliphatic heterocycles. The van der Waals surface area contributed by atoms with E-state index in [4.69, 9.17) is 16.3 Å². The lowest BCUT2D eigenvalue weighted by Crippen LogP contribution is -2.29. The van der Waals surface area contributed by atoms with Crippen molar-refractivity contribution < 1.29 is 19.7 Å². The zero-order valence-corrected chi connectivity index (χ0v) is 8.65. The fourth-order valence-corrected chi connectivity index (χ4v) is 1.74. The number of benzene rings is 1. The Balaban J connectivity index is 2.66. The molecule has 80 valence electrons. The van der Waals surface area contributed by atoms with E-state index in [1.807, 2.05) is 0 Å². The number of halogens is 1. The van der Waals surface area contributed by atoms with Gasteiger partial charge in [0.1, 0.15) is 23.5 Å². The maximum Gasteiger partial charge on any atom is 0.342 e. The highest BCUT2D eigenvalue weighted by Gasteiger charge is 2.34. The Labute approximate surface area is 91.1 Å². The molecule has 0 fully saturated rings. The highest BCUT2D eigenvalue weighted by atomic mass is 35.5. The molecule has 0 saturated heterocycles. The summed E-state index contributed by atoms with van der Waals surface area (Å²) in [5, 5.41) is 19.4. The summed E-state index contributed by atoms with van der Waals surface area (Å²) in [5.41, 5.74) is 0.300. The van der Waals surface area contributed by atoms with Crippen LogP contribution in [0, 0.1) is 0 Å². The maximum atomic E-state index is 11.5. The van der Waals surface area contributed by atoms with Gasteiger partial charge in [-0.15, -0.1) is 0 Å². The molecule has 1 aromatic carbocycles. The van der Waals surface area contributed by atoms with Gasteiger partial charge in [-0.1, -0.05) is 17.7 Å². The molecule has 1 aliphatic rings. The van der Waals surface area contributed by atoms with Crippen molar-refractivity contribution in [1.82, 2.24) is 0 Å². The summed E-state index contributed by atoms with van der Waals surface area (Å²) < 4.78 is 4.85. The summed E-state index contributed by atoms with van der Waals surface area (Å²) in [6.07, 6.45) is -1.55. The first-order chi connectivity index (χ1) is 7.02. The van der Waals surface area contributed by atoms with E-state index in [1.165, 1.54) is 12.1 Å². The molecule has 0 radical (unpaired) electrons. The fourth-order valence-electron chi connectivity index (χ4n) is 1.59. The summed E-state index contributed by atoms with van der Waals surface area (Å²) in [4.78, 5) is 11.5. The van der Waals surface area contributed by atoms with Gasteiger partial charge in [-0.2, -0.15) is 0 Å². The largest absolute Gasteiger partial charge is 0.505 e. The number of aliphatic hydroxyl groups is 1. The fraction of sp³-hybridized carbons (Fsp3) is 0.300. The number of esters is 1. The molecule has 0 amide bonds. The summed E-state index contributed by atoms with van der Waals surface area (Å²) >= 11 is 5.66. The lowest BCUT2D eigenvalue weighted by molar-refractivity contribution is -0.0216. The van der Waals surface area contributed by atoms with Crippen LogP contribution < -0.4 is 0 Å². The summed E-state index contributed by atoms with van der Waals surface area (Å²) in [6.45, 7) is 1.58. The van der Waals surface area contributed by atoms with Gasteiger partial charge in [-0.25, -0.2) is 4.79 Å². The Bertz CT molecular complexity index is 430. The Morgan fingerprint density at radius 1 is 1.47 bits per heavy atom. The van der Waals surface area contributed by atoms with Crippen molar-refractivity contribution in [2.24, 2.45) is 0 Å². The number of carbonyl (C=O) groups is 1. The number of aromatic hydroxyl groups is 1. The van der Waals surface area contributed by atoms with Gasteiger partial charge in [0.15, 0.2) is 0 Å². The van der Waals surface area contributed by atoms with Crippen LogP contribution in [0.25, 0.3) is 0 Å². The van der Waals surface area contributed by atoms with Crippen LogP contribution in [0.2, 0.25) is 5.02 Å². The van der Waals surface area contributed by atoms with E-state index < -0.39 is 18.2 Å². The Morgan fingerprint density at radius 2 is 2.13 bits per heavy atom. The van der Waals surface area contributed by atoms with Crippen LogP contribution in [-0.4, -0.2) is 22.3 Å². The van der Waals surface area contributed by atoms with E-state index in [1.54, 1.807) is 6.92 Å². The molecule has 15 heavy (non-hydrogen) atoms. The smallest absolute Gasteiger partial charge is 0.342 e. The molecule has 2 N–H and O–H groups in total. The molecule has 0 bridgehead atoms. The number of ether oxygens (including phenoxy) is 1. The number of hydrogen-bond acceptors (Lipinski definition) is 4. The molecule has 1 aromatic rings. The number of phenols is 1. The number of carbonyl (C=O) groups excluding carboxylic acids is 1. The number of hydrogen-bond donors (Lipinski definition) is 2. The number of fused-ring (bicyclic) bond motifs is 1. The molecule has 0 spiro atoms. The van der Waals surface area contributed by atoms with E-state index >= 15 is 0 Å². The zero-order valence-electron chi connectivity index (χ0n) is 7.90. The number of phenolic OH excluding ortho intramolecular Hbond substituents is 1. The number of aliphatic hydroxyl groups excluding tert-OH is 1. The Hall–Kier alpha value is -1.26. The van der Waals surface area contributed by atoms with Gasteiger partial charge < -0.3 is 14.9 Å². The highest BCUT2D eigenvalue weighted by Crippen LogP contribution is 2.38. The van der Waals surface area contributed by atoms with Gasteiger partial charge in [0, 0.05) is 5.56 Å². The van der Waals surface area contributed by atoms with Crippen molar-refractivity contribution in [3.05, 3.63) is 28.3 Å². The molecule has 0 unspecified atom stereocenters. The quantitative estimate of drug-likeness (QED) is 0.663. The molecule has 5 heteroatoms. The minimum atomic E-state index is -0.930. The van der Waals surface area contributed by atoms with Crippen LogP contribution in [0.15, 0.2) is 12.1 Å². The second-order valence-electron chi connectivity index (χ2n) is 3.42. The maximum absolute atomic E-state index is 11.5. The van der Waals surface area contributed by atoms with Crippen LogP contribution >= 0.6 is 11.6 Å². The third-order valence-corrected chi connectivity index (χ3v) is 2.73.